The molecule has 1 heterocycles. The van der Waals surface area contributed by atoms with Crippen LogP contribution >= 0.6 is 0 Å². The molecule has 3 nitrogen and oxygen atoms in total. The molecule has 0 unspecified atom stereocenters. The Kier molecular flexibility index (Phi) is 2.98. The van der Waals surface area contributed by atoms with Crippen molar-refractivity contribution in [2.24, 2.45) is 5.92 Å². The summed E-state index contributed by atoms with van der Waals surface area (Å²) in [5.41, 5.74) is -0.476. The summed E-state index contributed by atoms with van der Waals surface area (Å²) in [6, 6.07) is -0.0765. The maximum atomic E-state index is 11.9. The van der Waals surface area contributed by atoms with Gasteiger partial charge in [0.25, 0.3) is 0 Å². The number of amides is 1. The Morgan fingerprint density at radius 3 is 2.80 bits per heavy atom. The highest BCUT2D eigenvalue weighted by Crippen LogP contribution is 2.26. The van der Waals surface area contributed by atoms with Crippen LogP contribution in [0.15, 0.2) is 12.7 Å². The molecule has 3 heteroatoms. The first-order valence-corrected chi connectivity index (χ1v) is 5.30. The number of ether oxygens (including phenoxy) is 1. The molecule has 1 rings (SSSR count). The second-order valence-electron chi connectivity index (χ2n) is 4.93. The number of hydrogen-bond donors (Lipinski definition) is 0. The molecule has 0 aromatic heterocycles. The van der Waals surface area contributed by atoms with Crippen molar-refractivity contribution in [1.29, 1.82) is 0 Å². The van der Waals surface area contributed by atoms with E-state index < -0.39 is 5.60 Å². The molecule has 2 atom stereocenters. The highest BCUT2D eigenvalue weighted by Gasteiger charge is 2.34. The highest BCUT2D eigenvalue weighted by atomic mass is 16.6. The Morgan fingerprint density at radius 1 is 1.67 bits per heavy atom. The predicted octanol–water partition coefficient (Wildman–Crippen LogP) is 2.82. The Labute approximate surface area is 93.5 Å². The largest absolute Gasteiger partial charge is 0.444 e. The van der Waals surface area contributed by atoms with Crippen LogP contribution < -0.4 is 0 Å². The first kappa shape index (κ1) is 10.5. The van der Waals surface area contributed by atoms with Crippen molar-refractivity contribution in [3.8, 4) is 0 Å². The molecule has 0 radical (unpaired) electrons. The van der Waals surface area contributed by atoms with Crippen molar-refractivity contribution in [1.82, 2.24) is 4.90 Å². The Balaban J connectivity index is 2.66. The van der Waals surface area contributed by atoms with Crippen molar-refractivity contribution in [3.63, 3.8) is 0 Å². The van der Waals surface area contributed by atoms with Gasteiger partial charge in [0, 0.05) is 14.0 Å². The molecule has 1 saturated heterocycles. The summed E-state index contributed by atoms with van der Waals surface area (Å²) in [5, 5.41) is 0. The molecule has 0 saturated carbocycles. The number of carbonyl (C=O) groups is 1. The van der Waals surface area contributed by atoms with Crippen molar-refractivity contribution >= 4 is 6.09 Å². The predicted molar refractivity (Wildman–Crippen MR) is 60.7 cm³/mol. The Morgan fingerprint density at radius 2 is 2.33 bits per heavy atom. The summed E-state index contributed by atoms with van der Waals surface area (Å²) in [7, 11) is 0. The quantitative estimate of drug-likeness (QED) is 0.627. The van der Waals surface area contributed by atoms with Gasteiger partial charge in [-0.3, -0.25) is 0 Å². The zero-order valence-electron chi connectivity index (χ0n) is 10.8. The normalized spacial score (nSPS) is 27.4. The molecule has 1 aliphatic rings. The van der Waals surface area contributed by atoms with E-state index in [0.29, 0.717) is 6.54 Å². The minimum Gasteiger partial charge on any atom is -0.444 e. The summed E-state index contributed by atoms with van der Waals surface area (Å²) < 4.78 is 12.8. The molecule has 1 amide bonds. The van der Waals surface area contributed by atoms with Gasteiger partial charge in [-0.1, -0.05) is 6.08 Å². The molecule has 15 heavy (non-hydrogen) atoms. The molecule has 0 aromatic rings. The Bertz CT molecular complexity index is 273. The van der Waals surface area contributed by atoms with Crippen LogP contribution in [0.2, 0.25) is 0 Å². The number of nitrogens with zero attached hydrogens (tertiary/aromatic N) is 1. The minimum atomic E-state index is -0.476. The summed E-state index contributed by atoms with van der Waals surface area (Å²) in [6.45, 7) is 10.2. The van der Waals surface area contributed by atoms with Crippen LogP contribution in [0.1, 0.15) is 35.5 Å². The second-order valence-corrected chi connectivity index (χ2v) is 4.93. The summed E-state index contributed by atoms with van der Waals surface area (Å²) >= 11 is 0. The maximum absolute atomic E-state index is 11.9. The molecule has 0 spiro atoms. The SMILES string of the molecule is [3H]C[C@@H]1[C@@H](C=C)CCN1C(=O)OC(C)(C)C. The average molecular weight is 213 g/mol. The average Bonchev–Trinajstić information content (AvgIpc) is 2.57. The first-order chi connectivity index (χ1) is 7.39. The van der Waals surface area contributed by atoms with E-state index in [9.17, 15) is 4.79 Å². The molecular weight excluding hydrogens is 190 g/mol. The minimum absolute atomic E-state index is 0.0765. The zero-order valence-corrected chi connectivity index (χ0v) is 9.82. The number of likely N-dealkylation sites (tertiary alicyclic amines) is 1. The number of carbonyl (C=O) groups excluding carboxylic acids is 1. The van der Waals surface area contributed by atoms with Gasteiger partial charge in [-0.2, -0.15) is 0 Å². The van der Waals surface area contributed by atoms with Gasteiger partial charge in [0.15, 0.2) is 0 Å². The van der Waals surface area contributed by atoms with E-state index in [1.807, 2.05) is 26.8 Å². The third-order valence-corrected chi connectivity index (χ3v) is 2.53. The van der Waals surface area contributed by atoms with Gasteiger partial charge in [0.05, 0.1) is 0 Å². The van der Waals surface area contributed by atoms with E-state index in [-0.39, 0.29) is 25.0 Å². The fourth-order valence-corrected chi connectivity index (χ4v) is 1.70. The van der Waals surface area contributed by atoms with E-state index in [1.165, 1.54) is 0 Å². The van der Waals surface area contributed by atoms with E-state index in [0.717, 1.165) is 6.42 Å². The third kappa shape index (κ3) is 2.98. The number of rotatable bonds is 1. The molecule has 0 aliphatic carbocycles. The van der Waals surface area contributed by atoms with Crippen LogP contribution in [0.4, 0.5) is 4.79 Å². The van der Waals surface area contributed by atoms with Crippen molar-refractivity contribution in [2.45, 2.75) is 45.7 Å². The lowest BCUT2D eigenvalue weighted by Gasteiger charge is -2.27. The molecule has 0 bridgehead atoms. The smallest absolute Gasteiger partial charge is 0.410 e. The van der Waals surface area contributed by atoms with E-state index in [2.05, 4.69) is 6.58 Å². The van der Waals surface area contributed by atoms with Crippen molar-refractivity contribution < 1.29 is 10.9 Å². The van der Waals surface area contributed by atoms with E-state index >= 15 is 0 Å². The van der Waals surface area contributed by atoms with E-state index in [1.54, 1.807) is 4.90 Å². The van der Waals surface area contributed by atoms with Gasteiger partial charge in [-0.05, 0) is 40.0 Å². The molecule has 1 aliphatic heterocycles. The lowest BCUT2D eigenvalue weighted by Crippen LogP contribution is -2.39. The molecule has 0 aromatic carbocycles. The molecule has 1 fully saturated rings. The van der Waals surface area contributed by atoms with Crippen LogP contribution in [-0.4, -0.2) is 29.2 Å². The molecular formula is C12H21NO2. The summed E-state index contributed by atoms with van der Waals surface area (Å²) in [6.07, 6.45) is 2.41. The molecule has 0 N–H and O–H groups in total. The second kappa shape index (κ2) is 4.25. The van der Waals surface area contributed by atoms with Gasteiger partial charge in [0.1, 0.15) is 5.60 Å². The van der Waals surface area contributed by atoms with Crippen LogP contribution in [0.5, 0.6) is 0 Å². The van der Waals surface area contributed by atoms with Crippen molar-refractivity contribution in [3.05, 3.63) is 12.7 Å². The maximum Gasteiger partial charge on any atom is 0.410 e. The molecule has 86 valence electrons. The van der Waals surface area contributed by atoms with Gasteiger partial charge >= 0.3 is 6.09 Å². The van der Waals surface area contributed by atoms with Gasteiger partial charge in [-0.15, -0.1) is 6.58 Å². The highest BCUT2D eigenvalue weighted by molar-refractivity contribution is 5.69. The third-order valence-electron chi connectivity index (χ3n) is 2.53. The van der Waals surface area contributed by atoms with E-state index in [4.69, 9.17) is 6.11 Å². The number of hydrogen-bond acceptors (Lipinski definition) is 2. The monoisotopic (exact) mass is 213 g/mol. The lowest BCUT2D eigenvalue weighted by molar-refractivity contribution is 0.0229. The van der Waals surface area contributed by atoms with Crippen LogP contribution in [0.25, 0.3) is 0 Å². The van der Waals surface area contributed by atoms with Gasteiger partial charge < -0.3 is 9.64 Å². The fraction of sp³-hybridized carbons (Fsp3) is 0.750. The van der Waals surface area contributed by atoms with Crippen LogP contribution in [0, 0.1) is 5.92 Å². The summed E-state index contributed by atoms with van der Waals surface area (Å²) in [5.74, 6) is 0.227. The van der Waals surface area contributed by atoms with Crippen molar-refractivity contribution in [2.75, 3.05) is 6.54 Å². The fourth-order valence-electron chi connectivity index (χ4n) is 1.70. The van der Waals surface area contributed by atoms with Gasteiger partial charge in [0.2, 0.25) is 0 Å². The van der Waals surface area contributed by atoms with Crippen LogP contribution in [0.3, 0.4) is 0 Å². The van der Waals surface area contributed by atoms with Crippen LogP contribution in [-0.2, 0) is 4.74 Å². The zero-order chi connectivity index (χ0) is 12.3. The van der Waals surface area contributed by atoms with Gasteiger partial charge in [-0.25, -0.2) is 4.79 Å². The standard InChI is InChI=1S/C12H21NO2/c1-6-10-7-8-13(9(10)2)11(14)15-12(3,4)5/h6,9-10H,1,7-8H2,2-5H3/t9-,10+/m1/s1/i2T. The summed E-state index contributed by atoms with van der Waals surface area (Å²) in [4.78, 5) is 13.5. The lowest BCUT2D eigenvalue weighted by atomic mass is 10.0. The Hall–Kier alpha value is -0.990. The first-order valence-electron chi connectivity index (χ1n) is 6.01. The topological polar surface area (TPSA) is 29.5 Å².